The molecule has 1 heterocycles. The summed E-state index contributed by atoms with van der Waals surface area (Å²) in [7, 11) is 0. The summed E-state index contributed by atoms with van der Waals surface area (Å²) >= 11 is 0. The molecule has 72 valence electrons. The molecule has 0 saturated carbocycles. The molecule has 1 aromatic heterocycles. The van der Waals surface area contributed by atoms with Crippen LogP contribution in [0.2, 0.25) is 0 Å². The average Bonchev–Trinajstić information content (AvgIpc) is 2.52. The Kier molecular flexibility index (Phi) is 1.96. The Labute approximate surface area is 79.8 Å². The number of rotatable bonds is 1. The van der Waals surface area contributed by atoms with Gasteiger partial charge in [-0.25, -0.2) is 9.07 Å². The first-order valence-corrected chi connectivity index (χ1v) is 4.21. The highest BCUT2D eigenvalue weighted by molar-refractivity contribution is 5.39. The zero-order valence-corrected chi connectivity index (χ0v) is 7.62. The smallest absolute Gasteiger partial charge is 0.271 e. The maximum Gasteiger partial charge on any atom is 0.271 e. The molecule has 1 aromatic carbocycles. The second kappa shape index (κ2) is 3.14. The number of nitrogens with one attached hydrogen (secondary N) is 1. The Morgan fingerprint density at radius 2 is 2.14 bits per heavy atom. The van der Waals surface area contributed by atoms with E-state index in [1.807, 2.05) is 0 Å². The van der Waals surface area contributed by atoms with E-state index in [4.69, 9.17) is 0 Å². The third-order valence-electron chi connectivity index (χ3n) is 2.05. The molecule has 0 atom stereocenters. The van der Waals surface area contributed by atoms with E-state index in [2.05, 4.69) is 5.10 Å². The van der Waals surface area contributed by atoms with Crippen molar-refractivity contribution in [1.29, 1.82) is 0 Å². The zero-order valence-electron chi connectivity index (χ0n) is 7.62. The van der Waals surface area contributed by atoms with E-state index in [0.717, 1.165) is 5.56 Å². The number of nitrogens with zero attached hydrogens (tertiary/aromatic N) is 1. The second-order valence-electron chi connectivity index (χ2n) is 3.07. The van der Waals surface area contributed by atoms with Gasteiger partial charge in [0.2, 0.25) is 0 Å². The van der Waals surface area contributed by atoms with Gasteiger partial charge in [-0.2, -0.15) is 0 Å². The fraction of sp³-hybridized carbons (Fsp3) is 0.100. The largest absolute Gasteiger partial charge is 0.298 e. The quantitative estimate of drug-likeness (QED) is 0.732. The summed E-state index contributed by atoms with van der Waals surface area (Å²) in [6.07, 6.45) is 1.55. The van der Waals surface area contributed by atoms with Crippen molar-refractivity contribution < 1.29 is 4.39 Å². The highest BCUT2D eigenvalue weighted by atomic mass is 19.1. The maximum atomic E-state index is 12.8. The molecule has 0 unspecified atom stereocenters. The predicted octanol–water partition coefficient (Wildman–Crippen LogP) is 1.61. The molecule has 0 aliphatic heterocycles. The molecule has 3 nitrogen and oxygen atoms in total. The van der Waals surface area contributed by atoms with Gasteiger partial charge in [0.25, 0.3) is 5.56 Å². The number of halogens is 1. The summed E-state index contributed by atoms with van der Waals surface area (Å²) < 4.78 is 14.2. The van der Waals surface area contributed by atoms with E-state index >= 15 is 0 Å². The molecule has 0 fully saturated rings. The molecule has 2 rings (SSSR count). The third kappa shape index (κ3) is 1.35. The predicted molar refractivity (Wildman–Crippen MR) is 51.1 cm³/mol. The van der Waals surface area contributed by atoms with Gasteiger partial charge in [-0.15, -0.1) is 0 Å². The van der Waals surface area contributed by atoms with Crippen LogP contribution in [0.3, 0.4) is 0 Å². The highest BCUT2D eigenvalue weighted by Gasteiger charge is 2.04. The monoisotopic (exact) mass is 192 g/mol. The Balaban J connectivity index is 2.63. The number of aryl methyl sites for hydroxylation is 1. The van der Waals surface area contributed by atoms with Crippen LogP contribution in [0.1, 0.15) is 5.56 Å². The molecule has 4 heteroatoms. The summed E-state index contributed by atoms with van der Waals surface area (Å²) in [5, 5.41) is 2.76. The van der Waals surface area contributed by atoms with Crippen LogP contribution >= 0.6 is 0 Å². The number of aromatic nitrogens is 2. The SMILES string of the molecule is Cc1cc(F)ccc1-n1[nH]ccc1=O. The summed E-state index contributed by atoms with van der Waals surface area (Å²) in [5.41, 5.74) is 1.23. The van der Waals surface area contributed by atoms with Crippen molar-refractivity contribution in [2.24, 2.45) is 0 Å². The summed E-state index contributed by atoms with van der Waals surface area (Å²) in [4.78, 5) is 11.3. The van der Waals surface area contributed by atoms with Gasteiger partial charge in [0.05, 0.1) is 5.69 Å². The lowest BCUT2D eigenvalue weighted by atomic mass is 10.2. The summed E-state index contributed by atoms with van der Waals surface area (Å²) in [6, 6.07) is 5.71. The van der Waals surface area contributed by atoms with Crippen LogP contribution in [-0.2, 0) is 0 Å². The van der Waals surface area contributed by atoms with E-state index in [1.54, 1.807) is 19.2 Å². The average molecular weight is 192 g/mol. The van der Waals surface area contributed by atoms with Crippen molar-refractivity contribution in [3.63, 3.8) is 0 Å². The number of hydrogen-bond acceptors (Lipinski definition) is 1. The van der Waals surface area contributed by atoms with Gasteiger partial charge >= 0.3 is 0 Å². The van der Waals surface area contributed by atoms with Crippen molar-refractivity contribution in [3.05, 3.63) is 52.2 Å². The Bertz CT molecular complexity index is 513. The Morgan fingerprint density at radius 3 is 2.71 bits per heavy atom. The van der Waals surface area contributed by atoms with Gasteiger partial charge < -0.3 is 0 Å². The van der Waals surface area contributed by atoms with Crippen molar-refractivity contribution >= 4 is 0 Å². The van der Waals surface area contributed by atoms with E-state index in [-0.39, 0.29) is 11.4 Å². The van der Waals surface area contributed by atoms with Crippen molar-refractivity contribution in [2.75, 3.05) is 0 Å². The molecule has 1 N–H and O–H groups in total. The minimum atomic E-state index is -0.300. The molecule has 0 aliphatic carbocycles. The van der Waals surface area contributed by atoms with Crippen LogP contribution in [0, 0.1) is 12.7 Å². The van der Waals surface area contributed by atoms with E-state index in [0.29, 0.717) is 5.69 Å². The molecular formula is C10H9FN2O. The fourth-order valence-electron chi connectivity index (χ4n) is 1.38. The maximum absolute atomic E-state index is 12.8. The molecule has 0 aliphatic rings. The van der Waals surface area contributed by atoms with Crippen molar-refractivity contribution in [3.8, 4) is 5.69 Å². The Hall–Kier alpha value is -1.84. The molecule has 0 saturated heterocycles. The molecule has 0 bridgehead atoms. The normalized spacial score (nSPS) is 10.4. The molecule has 14 heavy (non-hydrogen) atoms. The standard InChI is InChI=1S/C10H9FN2O/c1-7-6-8(11)2-3-9(7)13-10(14)4-5-12-13/h2-6,12H,1H3. The van der Waals surface area contributed by atoms with Gasteiger partial charge in [-0.3, -0.25) is 9.89 Å². The van der Waals surface area contributed by atoms with Gasteiger partial charge in [0.15, 0.2) is 0 Å². The molecule has 0 spiro atoms. The first-order chi connectivity index (χ1) is 6.68. The van der Waals surface area contributed by atoms with Crippen LogP contribution in [0.5, 0.6) is 0 Å². The molecule has 0 amide bonds. The van der Waals surface area contributed by atoms with E-state index in [9.17, 15) is 9.18 Å². The lowest BCUT2D eigenvalue weighted by Gasteiger charge is -2.05. The number of hydrogen-bond donors (Lipinski definition) is 1. The van der Waals surface area contributed by atoms with Gasteiger partial charge in [0.1, 0.15) is 5.82 Å². The highest BCUT2D eigenvalue weighted by Crippen LogP contribution is 2.12. The lowest BCUT2D eigenvalue weighted by Crippen LogP contribution is -2.14. The second-order valence-corrected chi connectivity index (χ2v) is 3.07. The van der Waals surface area contributed by atoms with Crippen LogP contribution < -0.4 is 5.56 Å². The molecule has 2 aromatic rings. The van der Waals surface area contributed by atoms with Gasteiger partial charge in [-0.05, 0) is 30.7 Å². The van der Waals surface area contributed by atoms with Crippen LogP contribution in [0.25, 0.3) is 5.69 Å². The van der Waals surface area contributed by atoms with Gasteiger partial charge in [-0.1, -0.05) is 0 Å². The minimum absolute atomic E-state index is 0.153. The van der Waals surface area contributed by atoms with Crippen LogP contribution in [-0.4, -0.2) is 9.78 Å². The third-order valence-corrected chi connectivity index (χ3v) is 2.05. The zero-order chi connectivity index (χ0) is 10.1. The first kappa shape index (κ1) is 8.74. The van der Waals surface area contributed by atoms with Crippen molar-refractivity contribution in [1.82, 2.24) is 9.78 Å². The summed E-state index contributed by atoms with van der Waals surface area (Å²) in [6.45, 7) is 1.76. The summed E-state index contributed by atoms with van der Waals surface area (Å²) in [5.74, 6) is -0.300. The van der Waals surface area contributed by atoms with Gasteiger partial charge in [0, 0.05) is 12.3 Å². The topological polar surface area (TPSA) is 37.8 Å². The van der Waals surface area contributed by atoms with Crippen LogP contribution in [0.4, 0.5) is 4.39 Å². The number of H-pyrrole nitrogens is 1. The van der Waals surface area contributed by atoms with E-state index < -0.39 is 0 Å². The van der Waals surface area contributed by atoms with Crippen molar-refractivity contribution in [2.45, 2.75) is 6.92 Å². The first-order valence-electron chi connectivity index (χ1n) is 4.21. The Morgan fingerprint density at radius 1 is 1.36 bits per heavy atom. The number of benzene rings is 1. The molecular weight excluding hydrogens is 183 g/mol. The number of aromatic amines is 1. The van der Waals surface area contributed by atoms with E-state index in [1.165, 1.54) is 22.9 Å². The lowest BCUT2D eigenvalue weighted by molar-refractivity contribution is 0.625. The molecule has 0 radical (unpaired) electrons. The van der Waals surface area contributed by atoms with Crippen LogP contribution in [0.15, 0.2) is 35.3 Å². The fourth-order valence-corrected chi connectivity index (χ4v) is 1.38. The minimum Gasteiger partial charge on any atom is -0.298 e.